The maximum Gasteiger partial charge on any atom is 0.244 e. The summed E-state index contributed by atoms with van der Waals surface area (Å²) in [7, 11) is 0. The number of piperazine rings is 1. The Morgan fingerprint density at radius 3 is 2.58 bits per heavy atom. The largest absolute Gasteiger partial charge is 0.339 e. The van der Waals surface area contributed by atoms with Crippen molar-refractivity contribution >= 4 is 5.91 Å². The van der Waals surface area contributed by atoms with Crippen molar-refractivity contribution in [2.45, 2.75) is 20.0 Å². The number of aromatic nitrogens is 2. The van der Waals surface area contributed by atoms with E-state index in [1.54, 1.807) is 21.8 Å². The third-order valence-electron chi connectivity index (χ3n) is 4.22. The Labute approximate surface area is 139 Å². The molecule has 2 aromatic rings. The highest BCUT2D eigenvalue weighted by Gasteiger charge is 2.22. The summed E-state index contributed by atoms with van der Waals surface area (Å²) in [5.74, 6) is -1.59. The molecule has 2 heterocycles. The number of benzene rings is 1. The van der Waals surface area contributed by atoms with Gasteiger partial charge in [-0.05, 0) is 19.1 Å². The fraction of sp³-hybridized carbons (Fsp3) is 0.412. The number of hydrogen-bond acceptors (Lipinski definition) is 3. The number of amides is 1. The van der Waals surface area contributed by atoms with Gasteiger partial charge in [0.25, 0.3) is 0 Å². The SMILES string of the molecule is Cc1ccn(CC(=O)N2CCN(Cc3cccc(F)c3F)CC2)n1. The zero-order valence-corrected chi connectivity index (χ0v) is 13.6. The van der Waals surface area contributed by atoms with E-state index < -0.39 is 11.6 Å². The summed E-state index contributed by atoms with van der Waals surface area (Å²) < 4.78 is 28.6. The standard InChI is InChI=1S/C17H20F2N4O/c1-13-5-6-23(20-13)12-16(24)22-9-7-21(8-10-22)11-14-3-2-4-15(18)17(14)19/h2-6H,7-12H2,1H3. The monoisotopic (exact) mass is 334 g/mol. The molecule has 1 aliphatic rings. The molecule has 1 amide bonds. The predicted octanol–water partition coefficient (Wildman–Crippen LogP) is 1.81. The van der Waals surface area contributed by atoms with Gasteiger partial charge in [-0.2, -0.15) is 5.10 Å². The lowest BCUT2D eigenvalue weighted by Gasteiger charge is -2.34. The van der Waals surface area contributed by atoms with Gasteiger partial charge in [0.1, 0.15) is 6.54 Å². The molecule has 0 aliphatic carbocycles. The van der Waals surface area contributed by atoms with Gasteiger partial charge >= 0.3 is 0 Å². The molecule has 0 radical (unpaired) electrons. The van der Waals surface area contributed by atoms with Crippen molar-refractivity contribution in [3.8, 4) is 0 Å². The molecule has 0 N–H and O–H groups in total. The van der Waals surface area contributed by atoms with E-state index in [4.69, 9.17) is 0 Å². The molecule has 0 spiro atoms. The molecule has 0 unspecified atom stereocenters. The Morgan fingerprint density at radius 1 is 1.17 bits per heavy atom. The van der Waals surface area contributed by atoms with Gasteiger partial charge in [0.15, 0.2) is 11.6 Å². The number of carbonyl (C=O) groups excluding carboxylic acids is 1. The highest BCUT2D eigenvalue weighted by molar-refractivity contribution is 5.76. The van der Waals surface area contributed by atoms with Crippen LogP contribution in [0.25, 0.3) is 0 Å². The average molecular weight is 334 g/mol. The van der Waals surface area contributed by atoms with Crippen molar-refractivity contribution in [1.29, 1.82) is 0 Å². The normalized spacial score (nSPS) is 15.7. The minimum atomic E-state index is -0.823. The molecule has 3 rings (SSSR count). The van der Waals surface area contributed by atoms with Crippen LogP contribution in [0.15, 0.2) is 30.5 Å². The fourth-order valence-corrected chi connectivity index (χ4v) is 2.86. The van der Waals surface area contributed by atoms with Crippen LogP contribution in [0.5, 0.6) is 0 Å². The van der Waals surface area contributed by atoms with E-state index >= 15 is 0 Å². The lowest BCUT2D eigenvalue weighted by Crippen LogP contribution is -2.49. The second kappa shape index (κ2) is 7.09. The van der Waals surface area contributed by atoms with Crippen molar-refractivity contribution in [3.63, 3.8) is 0 Å². The third-order valence-corrected chi connectivity index (χ3v) is 4.22. The molecule has 7 heteroatoms. The van der Waals surface area contributed by atoms with Crippen molar-refractivity contribution in [2.24, 2.45) is 0 Å². The molecule has 1 aliphatic heterocycles. The fourth-order valence-electron chi connectivity index (χ4n) is 2.86. The smallest absolute Gasteiger partial charge is 0.244 e. The topological polar surface area (TPSA) is 41.4 Å². The Kier molecular flexibility index (Phi) is 4.89. The van der Waals surface area contributed by atoms with E-state index in [2.05, 4.69) is 5.10 Å². The first kappa shape index (κ1) is 16.6. The zero-order valence-electron chi connectivity index (χ0n) is 13.6. The van der Waals surface area contributed by atoms with Gasteiger partial charge in [0, 0.05) is 44.5 Å². The molecule has 0 bridgehead atoms. The lowest BCUT2D eigenvalue weighted by atomic mass is 10.1. The maximum absolute atomic E-state index is 13.7. The molecule has 1 aromatic carbocycles. The zero-order chi connectivity index (χ0) is 17.1. The van der Waals surface area contributed by atoms with Gasteiger partial charge in [-0.3, -0.25) is 14.4 Å². The van der Waals surface area contributed by atoms with Crippen LogP contribution >= 0.6 is 0 Å². The van der Waals surface area contributed by atoms with E-state index in [9.17, 15) is 13.6 Å². The predicted molar refractivity (Wildman–Crippen MR) is 85.2 cm³/mol. The summed E-state index contributed by atoms with van der Waals surface area (Å²) in [5, 5.41) is 4.22. The molecule has 128 valence electrons. The Balaban J connectivity index is 1.52. The molecular weight excluding hydrogens is 314 g/mol. The highest BCUT2D eigenvalue weighted by Crippen LogP contribution is 2.15. The van der Waals surface area contributed by atoms with Crippen LogP contribution in [0.1, 0.15) is 11.3 Å². The first-order valence-electron chi connectivity index (χ1n) is 7.96. The van der Waals surface area contributed by atoms with Crippen molar-refractivity contribution in [3.05, 3.63) is 53.4 Å². The first-order chi connectivity index (χ1) is 11.5. The lowest BCUT2D eigenvalue weighted by molar-refractivity contribution is -0.133. The number of carbonyl (C=O) groups is 1. The van der Waals surface area contributed by atoms with Crippen LogP contribution in [-0.4, -0.2) is 51.7 Å². The van der Waals surface area contributed by atoms with Crippen molar-refractivity contribution in [2.75, 3.05) is 26.2 Å². The van der Waals surface area contributed by atoms with Crippen LogP contribution in [0, 0.1) is 18.6 Å². The third kappa shape index (κ3) is 3.79. The van der Waals surface area contributed by atoms with Gasteiger partial charge in [0.05, 0.1) is 5.69 Å². The summed E-state index contributed by atoms with van der Waals surface area (Å²) >= 11 is 0. The van der Waals surface area contributed by atoms with Crippen LogP contribution < -0.4 is 0 Å². The van der Waals surface area contributed by atoms with Gasteiger partial charge in [0.2, 0.25) is 5.91 Å². The number of nitrogens with zero attached hydrogens (tertiary/aromatic N) is 4. The van der Waals surface area contributed by atoms with Crippen LogP contribution in [0.3, 0.4) is 0 Å². The van der Waals surface area contributed by atoms with Crippen molar-refractivity contribution in [1.82, 2.24) is 19.6 Å². The number of halogens is 2. The summed E-state index contributed by atoms with van der Waals surface area (Å²) in [6, 6.07) is 6.08. The summed E-state index contributed by atoms with van der Waals surface area (Å²) in [6.07, 6.45) is 1.79. The van der Waals surface area contributed by atoms with Gasteiger partial charge in [-0.25, -0.2) is 8.78 Å². The first-order valence-corrected chi connectivity index (χ1v) is 7.96. The van der Waals surface area contributed by atoms with Crippen molar-refractivity contribution < 1.29 is 13.6 Å². The Bertz CT molecular complexity index is 723. The van der Waals surface area contributed by atoms with E-state index in [-0.39, 0.29) is 12.5 Å². The molecule has 0 atom stereocenters. The second-order valence-electron chi connectivity index (χ2n) is 6.02. The van der Waals surface area contributed by atoms with E-state index in [0.717, 1.165) is 11.8 Å². The summed E-state index contributed by atoms with van der Waals surface area (Å²) in [5.41, 5.74) is 1.23. The van der Waals surface area contributed by atoms with Gasteiger partial charge < -0.3 is 4.90 Å². The maximum atomic E-state index is 13.7. The summed E-state index contributed by atoms with van der Waals surface area (Å²) in [4.78, 5) is 16.1. The van der Waals surface area contributed by atoms with E-state index in [1.807, 2.05) is 17.9 Å². The van der Waals surface area contributed by atoms with Crippen LogP contribution in [-0.2, 0) is 17.9 Å². The molecule has 1 fully saturated rings. The van der Waals surface area contributed by atoms with E-state index in [0.29, 0.717) is 38.3 Å². The van der Waals surface area contributed by atoms with Gasteiger partial charge in [-0.15, -0.1) is 0 Å². The number of rotatable bonds is 4. The molecule has 0 saturated carbocycles. The quantitative estimate of drug-likeness (QED) is 0.856. The molecule has 24 heavy (non-hydrogen) atoms. The van der Waals surface area contributed by atoms with Gasteiger partial charge in [-0.1, -0.05) is 12.1 Å². The Hall–Kier alpha value is -2.28. The second-order valence-corrected chi connectivity index (χ2v) is 6.02. The number of aryl methyl sites for hydroxylation is 1. The van der Waals surface area contributed by atoms with Crippen LogP contribution in [0.4, 0.5) is 8.78 Å². The Morgan fingerprint density at radius 2 is 1.92 bits per heavy atom. The average Bonchev–Trinajstić information content (AvgIpc) is 2.97. The minimum absolute atomic E-state index is 0.0229. The minimum Gasteiger partial charge on any atom is -0.339 e. The molecule has 1 aromatic heterocycles. The molecular formula is C17H20F2N4O. The highest BCUT2D eigenvalue weighted by atomic mass is 19.2. The van der Waals surface area contributed by atoms with Crippen LogP contribution in [0.2, 0.25) is 0 Å². The number of hydrogen-bond donors (Lipinski definition) is 0. The summed E-state index contributed by atoms with van der Waals surface area (Å²) in [6.45, 7) is 4.90. The van der Waals surface area contributed by atoms with E-state index in [1.165, 1.54) is 6.07 Å². The molecule has 5 nitrogen and oxygen atoms in total. The molecule has 1 saturated heterocycles.